The van der Waals surface area contributed by atoms with Gasteiger partial charge in [0.15, 0.2) is 0 Å². The maximum absolute atomic E-state index is 10.9. The number of aliphatic hydroxyl groups is 1. The van der Waals surface area contributed by atoms with Crippen LogP contribution >= 0.6 is 0 Å². The van der Waals surface area contributed by atoms with Gasteiger partial charge in [-0.05, 0) is 12.8 Å². The van der Waals surface area contributed by atoms with Gasteiger partial charge in [0.2, 0.25) is 0 Å². The van der Waals surface area contributed by atoms with Crippen molar-refractivity contribution < 1.29 is 14.6 Å². The molecule has 0 aromatic heterocycles. The second-order valence-corrected chi connectivity index (χ2v) is 6.59. The Morgan fingerprint density at radius 1 is 1.09 bits per heavy atom. The number of nitrogens with one attached hydrogen (secondary N) is 1. The minimum atomic E-state index is -0.644. The predicted molar refractivity (Wildman–Crippen MR) is 94.5 cm³/mol. The molecule has 0 unspecified atom stereocenters. The molecule has 1 aliphatic rings. The van der Waals surface area contributed by atoms with Gasteiger partial charge in [-0.3, -0.25) is 0 Å². The number of cyclic esters (lactones) is 1. The van der Waals surface area contributed by atoms with E-state index in [0.717, 1.165) is 6.42 Å². The van der Waals surface area contributed by atoms with Crippen molar-refractivity contribution in [3.8, 4) is 0 Å². The minimum Gasteiger partial charge on any atom is -0.447 e. The Bertz CT molecular complexity index is 331. The van der Waals surface area contributed by atoms with Gasteiger partial charge in [-0.1, -0.05) is 83.3 Å². The molecule has 0 saturated carbocycles. The summed E-state index contributed by atoms with van der Waals surface area (Å²) < 4.78 is 4.76. The van der Waals surface area contributed by atoms with Crippen LogP contribution in [0.25, 0.3) is 0 Å². The second kappa shape index (κ2) is 13.4. The van der Waals surface area contributed by atoms with Crippen molar-refractivity contribution in [2.75, 3.05) is 6.61 Å². The van der Waals surface area contributed by atoms with E-state index < -0.39 is 12.2 Å². The van der Waals surface area contributed by atoms with E-state index in [9.17, 15) is 9.90 Å². The fourth-order valence-electron chi connectivity index (χ4n) is 2.88. The number of ether oxygens (including phenoxy) is 1. The number of aliphatic hydroxyl groups excluding tert-OH is 1. The van der Waals surface area contributed by atoms with Crippen LogP contribution in [0.3, 0.4) is 0 Å². The molecule has 0 aliphatic carbocycles. The molecule has 0 radical (unpaired) electrons. The summed E-state index contributed by atoms with van der Waals surface area (Å²) in [6, 6.07) is -0.295. The molecular weight excluding hydrogens is 290 g/mol. The third-order valence-electron chi connectivity index (χ3n) is 4.42. The number of carbonyl (C=O) groups excluding carboxylic acids is 1. The van der Waals surface area contributed by atoms with Gasteiger partial charge in [-0.25, -0.2) is 4.79 Å². The number of amides is 1. The van der Waals surface area contributed by atoms with Gasteiger partial charge in [-0.15, -0.1) is 0 Å². The Kier molecular flexibility index (Phi) is 11.7. The SMILES string of the molecule is CCCCCCCCCCCCC/C=C/[C@@H](O)[C@@H]1COC(=O)N1. The van der Waals surface area contributed by atoms with Crippen molar-refractivity contribution in [3.05, 3.63) is 12.2 Å². The molecule has 4 nitrogen and oxygen atoms in total. The number of rotatable bonds is 14. The lowest BCUT2D eigenvalue weighted by Gasteiger charge is -2.11. The zero-order valence-corrected chi connectivity index (χ0v) is 14.8. The molecule has 1 aliphatic heterocycles. The maximum atomic E-state index is 10.9. The maximum Gasteiger partial charge on any atom is 0.407 e. The van der Waals surface area contributed by atoms with E-state index in [4.69, 9.17) is 4.74 Å². The van der Waals surface area contributed by atoms with Crippen LogP contribution in [-0.2, 0) is 4.74 Å². The van der Waals surface area contributed by atoms with Crippen molar-refractivity contribution in [3.63, 3.8) is 0 Å². The summed E-state index contributed by atoms with van der Waals surface area (Å²) in [6.07, 6.45) is 18.5. The lowest BCUT2D eigenvalue weighted by Crippen LogP contribution is -2.36. The van der Waals surface area contributed by atoms with E-state index in [1.54, 1.807) is 6.08 Å². The van der Waals surface area contributed by atoms with Crippen molar-refractivity contribution in [1.82, 2.24) is 5.32 Å². The largest absolute Gasteiger partial charge is 0.447 e. The summed E-state index contributed by atoms with van der Waals surface area (Å²) in [5.41, 5.74) is 0. The van der Waals surface area contributed by atoms with Crippen molar-refractivity contribution in [1.29, 1.82) is 0 Å². The monoisotopic (exact) mass is 325 g/mol. The number of carbonyl (C=O) groups is 1. The van der Waals surface area contributed by atoms with Crippen LogP contribution in [-0.4, -0.2) is 30.0 Å². The third kappa shape index (κ3) is 10.4. The first-order chi connectivity index (χ1) is 11.2. The van der Waals surface area contributed by atoms with Crippen LogP contribution in [0.2, 0.25) is 0 Å². The standard InChI is InChI=1S/C19H35NO3/c1-2-3-4-5-6-7-8-9-10-11-12-13-14-15-18(21)17-16-23-19(22)20-17/h14-15,17-18,21H,2-13,16H2,1H3,(H,20,22)/b15-14+/t17-,18+/m0/s1. The molecule has 134 valence electrons. The van der Waals surface area contributed by atoms with E-state index in [1.165, 1.54) is 70.6 Å². The Balaban J connectivity index is 1.84. The molecule has 1 rings (SSSR count). The van der Waals surface area contributed by atoms with Crippen LogP contribution in [0.5, 0.6) is 0 Å². The van der Waals surface area contributed by atoms with Gasteiger partial charge in [0, 0.05) is 0 Å². The smallest absolute Gasteiger partial charge is 0.407 e. The van der Waals surface area contributed by atoms with Crippen LogP contribution in [0.4, 0.5) is 4.79 Å². The average Bonchev–Trinajstić information content (AvgIpc) is 2.98. The predicted octanol–water partition coefficient (Wildman–Crippen LogP) is 4.71. The fourth-order valence-corrected chi connectivity index (χ4v) is 2.88. The molecule has 2 atom stereocenters. The Labute approximate surface area is 141 Å². The third-order valence-corrected chi connectivity index (χ3v) is 4.42. The fraction of sp³-hybridized carbons (Fsp3) is 0.842. The van der Waals surface area contributed by atoms with Crippen molar-refractivity contribution in [2.45, 2.75) is 96.1 Å². The van der Waals surface area contributed by atoms with Crippen molar-refractivity contribution >= 4 is 6.09 Å². The molecule has 23 heavy (non-hydrogen) atoms. The van der Waals surface area contributed by atoms with Gasteiger partial charge < -0.3 is 15.2 Å². The van der Waals surface area contributed by atoms with Crippen LogP contribution < -0.4 is 5.32 Å². The summed E-state index contributed by atoms with van der Waals surface area (Å²) in [5, 5.41) is 12.5. The molecule has 0 aromatic rings. The highest BCUT2D eigenvalue weighted by atomic mass is 16.6. The zero-order valence-electron chi connectivity index (χ0n) is 14.8. The molecule has 2 N–H and O–H groups in total. The Morgan fingerprint density at radius 2 is 1.65 bits per heavy atom. The summed E-state index contributed by atoms with van der Waals surface area (Å²) in [5.74, 6) is 0. The van der Waals surface area contributed by atoms with E-state index in [-0.39, 0.29) is 12.6 Å². The first kappa shape index (κ1) is 20.0. The lowest BCUT2D eigenvalue weighted by molar-refractivity contribution is 0.156. The van der Waals surface area contributed by atoms with Gasteiger partial charge in [0.05, 0.1) is 12.1 Å². The zero-order chi connectivity index (χ0) is 16.8. The molecule has 1 amide bonds. The molecule has 0 bridgehead atoms. The highest BCUT2D eigenvalue weighted by molar-refractivity contribution is 5.69. The van der Waals surface area contributed by atoms with Gasteiger partial charge >= 0.3 is 6.09 Å². The first-order valence-electron chi connectivity index (χ1n) is 9.52. The van der Waals surface area contributed by atoms with E-state index in [2.05, 4.69) is 12.2 Å². The summed E-state index contributed by atoms with van der Waals surface area (Å²) in [6.45, 7) is 2.51. The Hall–Kier alpha value is -1.03. The number of alkyl carbamates (subject to hydrolysis) is 1. The molecule has 4 heteroatoms. The topological polar surface area (TPSA) is 58.6 Å². The molecule has 1 heterocycles. The van der Waals surface area contributed by atoms with E-state index >= 15 is 0 Å². The molecule has 0 aromatic carbocycles. The Morgan fingerprint density at radius 3 is 2.17 bits per heavy atom. The molecule has 1 fully saturated rings. The summed E-state index contributed by atoms with van der Waals surface area (Å²) in [7, 11) is 0. The number of hydrogen-bond donors (Lipinski definition) is 2. The van der Waals surface area contributed by atoms with E-state index in [0.29, 0.717) is 0 Å². The quantitative estimate of drug-likeness (QED) is 0.359. The van der Waals surface area contributed by atoms with Gasteiger partial charge in [0.1, 0.15) is 6.61 Å². The highest BCUT2D eigenvalue weighted by Crippen LogP contribution is 2.12. The minimum absolute atomic E-state index is 0.253. The van der Waals surface area contributed by atoms with Crippen LogP contribution in [0, 0.1) is 0 Å². The summed E-state index contributed by atoms with van der Waals surface area (Å²) >= 11 is 0. The summed E-state index contributed by atoms with van der Waals surface area (Å²) in [4.78, 5) is 10.9. The molecule has 0 spiro atoms. The van der Waals surface area contributed by atoms with Gasteiger partial charge in [0.25, 0.3) is 0 Å². The normalized spacial score (nSPS) is 19.0. The lowest BCUT2D eigenvalue weighted by atomic mass is 10.0. The first-order valence-corrected chi connectivity index (χ1v) is 9.52. The highest BCUT2D eigenvalue weighted by Gasteiger charge is 2.26. The van der Waals surface area contributed by atoms with Crippen LogP contribution in [0.15, 0.2) is 12.2 Å². The average molecular weight is 325 g/mol. The van der Waals surface area contributed by atoms with Crippen LogP contribution in [0.1, 0.15) is 84.0 Å². The molecule has 1 saturated heterocycles. The van der Waals surface area contributed by atoms with E-state index in [1.807, 2.05) is 6.08 Å². The number of allylic oxidation sites excluding steroid dienone is 1. The molecular formula is C19H35NO3. The number of unbranched alkanes of at least 4 members (excludes halogenated alkanes) is 11. The number of hydrogen-bond acceptors (Lipinski definition) is 3. The second-order valence-electron chi connectivity index (χ2n) is 6.59. The van der Waals surface area contributed by atoms with Crippen molar-refractivity contribution in [2.24, 2.45) is 0 Å². The van der Waals surface area contributed by atoms with Gasteiger partial charge in [-0.2, -0.15) is 0 Å².